The molecule has 6 rings (SSSR count). The van der Waals surface area contributed by atoms with Crippen molar-refractivity contribution in [2.45, 2.75) is 84.1 Å². The van der Waals surface area contributed by atoms with Crippen LogP contribution in [0.25, 0.3) is 22.0 Å². The van der Waals surface area contributed by atoms with Gasteiger partial charge in [0.15, 0.2) is 5.78 Å². The molecule has 2 aromatic heterocycles. The fraction of sp³-hybridized carbons (Fsp3) is 0.486. The first kappa shape index (κ1) is 33.8. The van der Waals surface area contributed by atoms with Crippen LogP contribution in [-0.2, 0) is 24.4 Å². The van der Waals surface area contributed by atoms with Gasteiger partial charge in [-0.1, -0.05) is 51.5 Å². The number of hydrogen-bond donors (Lipinski definition) is 1. The molecule has 3 aromatic rings. The summed E-state index contributed by atoms with van der Waals surface area (Å²) in [5, 5.41) is 1.19. The van der Waals surface area contributed by atoms with Crippen molar-refractivity contribution in [1.29, 1.82) is 0 Å². The van der Waals surface area contributed by atoms with Gasteiger partial charge >= 0.3 is 0 Å². The zero-order valence-electron chi connectivity index (χ0n) is 28.2. The summed E-state index contributed by atoms with van der Waals surface area (Å²) in [6.07, 6.45) is 5.84. The summed E-state index contributed by atoms with van der Waals surface area (Å²) in [6, 6.07) is 10.9. The number of fused-ring (bicyclic) bond motifs is 1. The Morgan fingerprint density at radius 3 is 2.48 bits per heavy atom. The molecule has 2 amide bonds. The van der Waals surface area contributed by atoms with Gasteiger partial charge in [-0.25, -0.2) is 13.4 Å². The van der Waals surface area contributed by atoms with Gasteiger partial charge in [-0.05, 0) is 67.2 Å². The second-order valence-corrected chi connectivity index (χ2v) is 16.8. The molecule has 3 aliphatic rings. The molecule has 48 heavy (non-hydrogen) atoms. The average Bonchev–Trinajstić information content (AvgIpc) is 3.97. The minimum Gasteiger partial charge on any atom is -0.472 e. The van der Waals surface area contributed by atoms with Crippen LogP contribution in [0.1, 0.15) is 65.4 Å². The highest BCUT2D eigenvalue weighted by Crippen LogP contribution is 2.57. The molecule has 254 valence electrons. The van der Waals surface area contributed by atoms with E-state index in [1.165, 1.54) is 0 Å². The van der Waals surface area contributed by atoms with Crippen molar-refractivity contribution < 1.29 is 27.5 Å². The minimum atomic E-state index is -3.80. The van der Waals surface area contributed by atoms with E-state index in [0.717, 1.165) is 21.9 Å². The molecule has 1 unspecified atom stereocenters. The Morgan fingerprint density at radius 2 is 1.85 bits per heavy atom. The maximum absolute atomic E-state index is 14.2. The lowest BCUT2D eigenvalue weighted by atomic mass is 9.81. The van der Waals surface area contributed by atoms with Crippen molar-refractivity contribution in [2.24, 2.45) is 22.7 Å². The van der Waals surface area contributed by atoms with Crippen LogP contribution in [0.15, 0.2) is 61.4 Å². The molecule has 5 atom stereocenters. The first-order valence-electron chi connectivity index (χ1n) is 16.6. The van der Waals surface area contributed by atoms with Crippen LogP contribution in [0, 0.1) is 29.6 Å². The second kappa shape index (κ2) is 12.4. The first-order valence-corrected chi connectivity index (χ1v) is 18.2. The van der Waals surface area contributed by atoms with Gasteiger partial charge in [0, 0.05) is 42.1 Å². The second-order valence-electron chi connectivity index (χ2n) is 14.9. The summed E-state index contributed by atoms with van der Waals surface area (Å²) in [7, 11) is -3.80. The fourth-order valence-corrected chi connectivity index (χ4v) is 8.01. The maximum Gasteiger partial charge on any atom is 0.240 e. The number of sulfonamides is 1. The predicted molar refractivity (Wildman–Crippen MR) is 183 cm³/mol. The van der Waals surface area contributed by atoms with E-state index in [1.807, 2.05) is 65.0 Å². The molecular weight excluding hydrogens is 628 g/mol. The molecule has 11 heteroatoms. The summed E-state index contributed by atoms with van der Waals surface area (Å²) in [5.74, 6) is -1.46. The van der Waals surface area contributed by atoms with Crippen LogP contribution in [-0.4, -0.2) is 64.8 Å². The number of carbonyl (C=O) groups excluding carboxylic acids is 3. The van der Waals surface area contributed by atoms with Crippen LogP contribution in [0.5, 0.6) is 5.88 Å². The van der Waals surface area contributed by atoms with Gasteiger partial charge in [0.25, 0.3) is 0 Å². The van der Waals surface area contributed by atoms with Crippen molar-refractivity contribution in [2.75, 3.05) is 6.54 Å². The minimum absolute atomic E-state index is 0.170. The predicted octanol–water partition coefficient (Wildman–Crippen LogP) is 5.40. The van der Waals surface area contributed by atoms with Crippen molar-refractivity contribution in [3.05, 3.63) is 67.0 Å². The molecule has 3 heterocycles. The van der Waals surface area contributed by atoms with Crippen LogP contribution in [0.3, 0.4) is 0 Å². The van der Waals surface area contributed by atoms with Crippen LogP contribution >= 0.6 is 0 Å². The highest BCUT2D eigenvalue weighted by atomic mass is 32.2. The summed E-state index contributed by atoms with van der Waals surface area (Å²) in [5.41, 5.74) is 1.10. The summed E-state index contributed by atoms with van der Waals surface area (Å²) < 4.78 is 34.1. The highest BCUT2D eigenvalue weighted by molar-refractivity contribution is 7.90. The van der Waals surface area contributed by atoms with Crippen molar-refractivity contribution in [3.8, 4) is 17.1 Å². The van der Waals surface area contributed by atoms with E-state index < -0.39 is 44.7 Å². The lowest BCUT2D eigenvalue weighted by Gasteiger charge is -2.33. The van der Waals surface area contributed by atoms with Crippen LogP contribution in [0.4, 0.5) is 0 Å². The number of hydrogen-bond acceptors (Lipinski definition) is 8. The molecule has 3 fully saturated rings. The normalized spacial score (nSPS) is 24.6. The number of carbonyl (C=O) groups is 3. The Bertz CT molecular complexity index is 1880. The Morgan fingerprint density at radius 1 is 1.15 bits per heavy atom. The number of Topliss-reactive ketones (excluding diaryl/α,β-unsaturated/α-hetero) is 1. The number of amides is 2. The third-order valence-corrected chi connectivity index (χ3v) is 12.2. The molecule has 0 radical (unpaired) electrons. The number of pyridine rings is 2. The number of aromatic nitrogens is 2. The average molecular weight is 673 g/mol. The lowest BCUT2D eigenvalue weighted by Crippen LogP contribution is -2.47. The van der Waals surface area contributed by atoms with E-state index in [9.17, 15) is 22.8 Å². The molecule has 1 aromatic carbocycles. The Balaban J connectivity index is 1.30. The van der Waals surface area contributed by atoms with Gasteiger partial charge in [0.05, 0.1) is 28.9 Å². The lowest BCUT2D eigenvalue weighted by molar-refractivity contribution is -0.144. The number of ketones is 1. The standard InChI is InChI=1S/C37H44N4O6S/c1-7-26-19-37(26,35(44)40-48(45,46)28-9-10-28)20-32(42)31-18-27(21-41(31)34(43)23(3)36(4,5)6)47-33-29-11-8-22(2)16-25(29)17-30(39-33)24-12-14-38-15-13-24/h7-8,11-17,23,26-28,31H,1,9-10,18-21H2,2-6H3,(H,40,44)/t23-,26?,27-,31+,37-/m1/s1. The Labute approximate surface area is 282 Å². The van der Waals surface area contributed by atoms with E-state index >= 15 is 0 Å². The number of benzene rings is 1. The number of nitrogens with zero attached hydrogens (tertiary/aromatic N) is 3. The van der Waals surface area contributed by atoms with Gasteiger partial charge in [0.2, 0.25) is 27.7 Å². The number of nitrogens with one attached hydrogen (secondary N) is 1. The maximum atomic E-state index is 14.2. The number of aryl methyl sites for hydroxylation is 1. The molecule has 1 saturated heterocycles. The van der Waals surface area contributed by atoms with Gasteiger partial charge in [0.1, 0.15) is 6.10 Å². The third-order valence-electron chi connectivity index (χ3n) is 10.4. The fourth-order valence-electron chi connectivity index (χ4n) is 6.62. The monoisotopic (exact) mass is 672 g/mol. The first-order chi connectivity index (χ1) is 22.6. The van der Waals surface area contributed by atoms with Crippen molar-refractivity contribution in [3.63, 3.8) is 0 Å². The van der Waals surface area contributed by atoms with Crippen LogP contribution < -0.4 is 9.46 Å². The molecule has 1 N–H and O–H groups in total. The third kappa shape index (κ3) is 6.61. The molecule has 0 bridgehead atoms. The van der Waals surface area contributed by atoms with Crippen molar-refractivity contribution in [1.82, 2.24) is 19.6 Å². The molecule has 2 aliphatic carbocycles. The van der Waals surface area contributed by atoms with Gasteiger partial charge < -0.3 is 9.64 Å². The van der Waals surface area contributed by atoms with E-state index in [4.69, 9.17) is 9.72 Å². The Kier molecular flexibility index (Phi) is 8.72. The zero-order chi connectivity index (χ0) is 34.6. The van der Waals surface area contributed by atoms with E-state index in [2.05, 4.69) is 22.4 Å². The van der Waals surface area contributed by atoms with E-state index in [1.54, 1.807) is 23.4 Å². The molecule has 10 nitrogen and oxygen atoms in total. The van der Waals surface area contributed by atoms with Gasteiger partial charge in [-0.15, -0.1) is 6.58 Å². The quantitative estimate of drug-likeness (QED) is 0.268. The number of allylic oxidation sites excluding steroid dienone is 1. The Hall–Kier alpha value is -4.12. The number of likely N-dealkylation sites (tertiary alicyclic amines) is 1. The zero-order valence-corrected chi connectivity index (χ0v) is 29.0. The van der Waals surface area contributed by atoms with E-state index in [-0.39, 0.29) is 42.4 Å². The smallest absolute Gasteiger partial charge is 0.240 e. The topological polar surface area (TPSA) is 136 Å². The summed E-state index contributed by atoms with van der Waals surface area (Å²) in [6.45, 7) is 13.8. The summed E-state index contributed by atoms with van der Waals surface area (Å²) >= 11 is 0. The highest BCUT2D eigenvalue weighted by Gasteiger charge is 2.61. The van der Waals surface area contributed by atoms with Crippen LogP contribution in [0.2, 0.25) is 0 Å². The molecule has 0 spiro atoms. The number of ether oxygens (including phenoxy) is 1. The molecule has 1 aliphatic heterocycles. The van der Waals surface area contributed by atoms with Gasteiger partial charge in [-0.3, -0.25) is 24.1 Å². The molecule has 2 saturated carbocycles. The molecular formula is C37H44N4O6S. The van der Waals surface area contributed by atoms with E-state index in [0.29, 0.717) is 30.8 Å². The van der Waals surface area contributed by atoms with Crippen molar-refractivity contribution >= 4 is 38.4 Å². The summed E-state index contributed by atoms with van der Waals surface area (Å²) in [4.78, 5) is 52.3. The van der Waals surface area contributed by atoms with Gasteiger partial charge in [-0.2, -0.15) is 0 Å². The largest absolute Gasteiger partial charge is 0.472 e. The number of rotatable bonds is 11. The SMILES string of the molecule is C=CC1C[C@]1(CC(=O)[C@@H]1C[C@@H](Oc2nc(-c3ccncc3)cc3cc(C)ccc23)CN1C(=O)[C@@H](C)C(C)(C)C)C(=O)NS(=O)(=O)C1CC1.